The van der Waals surface area contributed by atoms with Crippen LogP contribution in [0.5, 0.6) is 0 Å². The number of cyclic esters (lactones) is 2. The largest absolute Gasteiger partial charge is 0.465 e. The lowest BCUT2D eigenvalue weighted by atomic mass is 9.44. The molecule has 121 heavy (non-hydrogen) atoms. The second-order valence-corrected chi connectivity index (χ2v) is 43.3. The van der Waals surface area contributed by atoms with Crippen molar-refractivity contribution in [2.75, 3.05) is 13.2 Å². The first-order chi connectivity index (χ1) is 49.9. The van der Waals surface area contributed by atoms with E-state index in [-0.39, 0.29) is 199 Å². The fourth-order valence-corrected chi connectivity index (χ4v) is 19.7. The molecule has 16 heteroatoms. The van der Waals surface area contributed by atoms with E-state index in [2.05, 4.69) is 83.1 Å². The Hall–Kier alpha value is -4.24. The van der Waals surface area contributed by atoms with Crippen LogP contribution in [0.3, 0.4) is 0 Å². The monoisotopic (exact) mass is 1730 g/mol. The molecule has 0 amide bonds. The minimum atomic E-state index is -0.696. The van der Waals surface area contributed by atoms with Gasteiger partial charge in [-0.25, -0.2) is 0 Å². The molecule has 12 saturated carbocycles. The van der Waals surface area contributed by atoms with Crippen LogP contribution in [0.1, 0.15) is 464 Å². The van der Waals surface area contributed by atoms with Crippen LogP contribution < -0.4 is 0 Å². The highest BCUT2D eigenvalue weighted by atomic mass is 16.6. The van der Waals surface area contributed by atoms with Gasteiger partial charge in [0.05, 0.1) is 59.0 Å². The molecule has 16 nitrogen and oxygen atoms in total. The van der Waals surface area contributed by atoms with Crippen LogP contribution in [-0.4, -0.2) is 94.6 Å². The number of ether oxygens (including phenoxy) is 8. The summed E-state index contributed by atoms with van der Waals surface area (Å²) in [6, 6.07) is 0. The highest BCUT2D eigenvalue weighted by molar-refractivity contribution is 5.79. The van der Waals surface area contributed by atoms with Gasteiger partial charge in [-0.3, -0.25) is 38.4 Å². The Bertz CT molecular complexity index is 3050. The maximum atomic E-state index is 12.6. The predicted octanol–water partition coefficient (Wildman–Crippen LogP) is 29.8. The quantitative estimate of drug-likeness (QED) is 0.0772. The van der Waals surface area contributed by atoms with E-state index >= 15 is 0 Å². The molecule has 0 aromatic heterocycles. The summed E-state index contributed by atoms with van der Waals surface area (Å²) in [4.78, 5) is 95.6. The first kappa shape index (κ1) is 130. The summed E-state index contributed by atoms with van der Waals surface area (Å²) in [6.45, 7) is 61.6. The van der Waals surface area contributed by atoms with Gasteiger partial charge in [-0.1, -0.05) is 178 Å². The van der Waals surface area contributed by atoms with Crippen LogP contribution in [0.4, 0.5) is 0 Å². The molecule has 0 N–H and O–H groups in total. The molecule has 2 aliphatic heterocycles. The van der Waals surface area contributed by atoms with E-state index in [1.807, 2.05) is 118 Å². The Morgan fingerprint density at radius 2 is 0.777 bits per heavy atom. The van der Waals surface area contributed by atoms with Crippen LogP contribution in [0, 0.1) is 121 Å². The minimum Gasteiger partial charge on any atom is -0.465 e. The Morgan fingerprint density at radius 1 is 0.413 bits per heavy atom. The highest BCUT2D eigenvalue weighted by Crippen LogP contribution is 2.66. The molecular weight excluding hydrogens is 1520 g/mol. The molecule has 10 bridgehead atoms. The lowest BCUT2D eigenvalue weighted by Crippen LogP contribution is -2.62. The third-order valence-electron chi connectivity index (χ3n) is 31.1. The summed E-state index contributed by atoms with van der Waals surface area (Å²) in [6.07, 6.45) is 28.2. The van der Waals surface area contributed by atoms with E-state index in [0.717, 1.165) is 73.5 Å². The van der Waals surface area contributed by atoms with Crippen LogP contribution in [-0.2, 0) is 76.3 Å². The number of rotatable bonds is 21. The van der Waals surface area contributed by atoms with E-state index in [9.17, 15) is 38.4 Å². The number of hydrogen-bond donors (Lipinski definition) is 0. The number of hydrogen-bond acceptors (Lipinski definition) is 16. The van der Waals surface area contributed by atoms with Crippen molar-refractivity contribution in [2.24, 2.45) is 121 Å². The Morgan fingerprint density at radius 3 is 1.12 bits per heavy atom. The Labute approximate surface area is 751 Å². The molecule has 6 unspecified atom stereocenters. The first-order valence-corrected chi connectivity index (χ1v) is 43.6. The van der Waals surface area contributed by atoms with Crippen molar-refractivity contribution < 1.29 is 76.3 Å². The van der Waals surface area contributed by atoms with Gasteiger partial charge in [0.2, 0.25) is 0 Å². The van der Waals surface area contributed by atoms with Gasteiger partial charge < -0.3 is 37.9 Å². The van der Waals surface area contributed by atoms with E-state index in [4.69, 9.17) is 37.9 Å². The van der Waals surface area contributed by atoms with E-state index in [1.54, 1.807) is 6.92 Å². The summed E-state index contributed by atoms with van der Waals surface area (Å²) in [5.41, 5.74) is -3.83. The molecule has 2 heterocycles. The predicted molar refractivity (Wildman–Crippen MR) is 512 cm³/mol. The number of carbonyl (C=O) groups excluding carboxylic acids is 8. The molecule has 14 aliphatic rings. The summed E-state index contributed by atoms with van der Waals surface area (Å²) < 4.78 is 44.8. The second kappa shape index (κ2) is 49.4. The average molecular weight is 1730 g/mol. The summed E-state index contributed by atoms with van der Waals surface area (Å²) >= 11 is 0. The molecule has 12 aliphatic carbocycles. The third kappa shape index (κ3) is 31.6. The summed E-state index contributed by atoms with van der Waals surface area (Å²) in [7, 11) is 0. The molecule has 724 valence electrons. The van der Waals surface area contributed by atoms with Gasteiger partial charge in [0.15, 0.2) is 0 Å². The van der Waals surface area contributed by atoms with Gasteiger partial charge >= 0.3 is 47.8 Å². The Balaban J connectivity index is -0.000000253. The van der Waals surface area contributed by atoms with Gasteiger partial charge in [-0.2, -0.15) is 0 Å². The van der Waals surface area contributed by atoms with E-state index in [1.165, 1.54) is 109 Å². The molecule has 0 radical (unpaired) electrons. The average Bonchev–Trinajstić information content (AvgIpc) is 0.907. The van der Waals surface area contributed by atoms with Crippen molar-refractivity contribution >= 4 is 47.8 Å². The molecular formula is C105H208O16. The molecule has 14 fully saturated rings. The van der Waals surface area contributed by atoms with Crippen molar-refractivity contribution in [2.45, 2.75) is 497 Å². The molecule has 6 atom stereocenters. The van der Waals surface area contributed by atoms with Crippen molar-refractivity contribution in [3.8, 4) is 0 Å². The minimum absolute atomic E-state index is 0. The lowest BCUT2D eigenvalue weighted by molar-refractivity contribution is -0.224. The molecule has 0 aromatic carbocycles. The van der Waals surface area contributed by atoms with E-state index < -0.39 is 22.0 Å². The lowest BCUT2D eigenvalue weighted by Gasteiger charge is -2.63. The van der Waals surface area contributed by atoms with Crippen LogP contribution in [0.25, 0.3) is 0 Å². The second-order valence-electron chi connectivity index (χ2n) is 43.3. The van der Waals surface area contributed by atoms with Gasteiger partial charge in [-0.15, -0.1) is 0 Å². The van der Waals surface area contributed by atoms with Gasteiger partial charge in [0.25, 0.3) is 0 Å². The molecule has 0 aromatic rings. The molecule has 14 rings (SSSR count). The fraction of sp³-hybridized carbons (Fsp3) is 0.924. The zero-order valence-electron chi connectivity index (χ0n) is 74.9. The highest BCUT2D eigenvalue weighted by Gasteiger charge is 2.63. The van der Waals surface area contributed by atoms with Crippen molar-refractivity contribution in [3.63, 3.8) is 0 Å². The third-order valence-corrected chi connectivity index (χ3v) is 31.1. The van der Waals surface area contributed by atoms with E-state index in [0.29, 0.717) is 67.5 Å². The van der Waals surface area contributed by atoms with Crippen molar-refractivity contribution in [3.05, 3.63) is 0 Å². The maximum Gasteiger partial charge on any atom is 0.312 e. The number of esters is 8. The van der Waals surface area contributed by atoms with Gasteiger partial charge in [0.1, 0.15) is 33.6 Å². The SMILES string of the molecule is C.C.C.C.C.C.C.C.C.C.C.C.CC(C)C(C)C(=O)OC1(C)C2CC3CC(C2)CC1C3.CCC(C)(C)C(=O)OC(C)(C)C12CC3CC(CC(C3)C1)C2.CCC(C)(C)C(=O)OC(C)(C)C1CCC(C)CC1.CCC(C)(C)C(=O)OC(C)(C)C1COC(=O)C1.CCC(C)(C)C(=O)OC1(C)CCC2CC1C2(C)C.CCC(C)(C)C(=O)OC1(C)CCOC(=O)C1. The summed E-state index contributed by atoms with van der Waals surface area (Å²) in [5.74, 6) is 7.87. The zero-order valence-corrected chi connectivity index (χ0v) is 74.9. The molecule has 2 saturated heterocycles. The Kier molecular flexibility index (Phi) is 53.0. The maximum absolute atomic E-state index is 12.6. The first-order valence-electron chi connectivity index (χ1n) is 43.6. The van der Waals surface area contributed by atoms with Crippen LogP contribution >= 0.6 is 0 Å². The standard InChI is InChI=1S/C19H32O2.C17H28O2.C16H28O2.C16H30O2.C13H22O4.C12H20O4.12CH4/c1-6-17(2,3)16(20)21-18(4,5)19-10-13-7-14(11-19)9-15(8-13)12-19;1-10(2)11(3)16(18)19-17(4)14-6-12-5-13(8-14)9-15(17)7-12;1-7-14(2,3)13(17)18-16(6)9-8-11-10-12(16)15(11,4)5;1-7-15(3,4)14(17)18-16(5,6)13-10-8-12(2)9-11-13;1-6-12(2,3)11(15)17-13(4,5)9-7-10(14)16-8-9;1-5-11(2,3)10(14)16-12(4)6-7-15-9(13)8-12;;;;;;;;;;;;/h13-15H,6-12H2,1-5H3;10-15H,5-9H2,1-4H3;11-12H,7-10H2,1-6H3;12-13H,7-11H2,1-6H3;9H,6-8H2,1-5H3;5-8H2,1-4H3;12*1H4. The van der Waals surface area contributed by atoms with Gasteiger partial charge in [-0.05, 0) is 337 Å². The van der Waals surface area contributed by atoms with Crippen molar-refractivity contribution in [1.29, 1.82) is 0 Å². The van der Waals surface area contributed by atoms with Crippen LogP contribution in [0.2, 0.25) is 0 Å². The van der Waals surface area contributed by atoms with Crippen LogP contribution in [0.15, 0.2) is 0 Å². The normalized spacial score (nSPS) is 29.8. The fourth-order valence-electron chi connectivity index (χ4n) is 19.7. The number of fused-ring (bicyclic) bond motifs is 2. The molecule has 0 spiro atoms. The smallest absolute Gasteiger partial charge is 0.312 e. The number of carbonyl (C=O) groups is 8. The zero-order chi connectivity index (χ0) is 82.7. The topological polar surface area (TPSA) is 210 Å². The van der Waals surface area contributed by atoms with Crippen molar-refractivity contribution in [1.82, 2.24) is 0 Å². The summed E-state index contributed by atoms with van der Waals surface area (Å²) in [5, 5.41) is 0. The van der Waals surface area contributed by atoms with Gasteiger partial charge in [0, 0.05) is 23.7 Å².